The van der Waals surface area contributed by atoms with Gasteiger partial charge in [-0.3, -0.25) is 9.52 Å². The number of sulfonamides is 1. The molecule has 1 N–H and O–H groups in total. The van der Waals surface area contributed by atoms with Gasteiger partial charge in [0.2, 0.25) is 5.91 Å². The average molecular weight is 647 g/mol. The summed E-state index contributed by atoms with van der Waals surface area (Å²) in [5.41, 5.74) is 4.79. The number of halogens is 1. The number of nitrogens with one attached hydrogen (secondary N) is 1. The molecule has 0 spiro atoms. The number of alkyl halides is 1. The van der Waals surface area contributed by atoms with Crippen molar-refractivity contribution in [3.05, 3.63) is 72.2 Å². The Morgan fingerprint density at radius 1 is 1.05 bits per heavy atom. The van der Waals surface area contributed by atoms with Gasteiger partial charge < -0.3 is 14.7 Å². The minimum Gasteiger partial charge on any atom is -0.368 e. The highest BCUT2D eigenvalue weighted by Crippen LogP contribution is 2.31. The van der Waals surface area contributed by atoms with E-state index in [0.29, 0.717) is 26.2 Å². The van der Waals surface area contributed by atoms with Crippen molar-refractivity contribution in [2.24, 2.45) is 0 Å². The van der Waals surface area contributed by atoms with E-state index in [1.807, 2.05) is 24.0 Å². The molecule has 0 aliphatic carbocycles. The second-order valence-corrected chi connectivity index (χ2v) is 12.0. The summed E-state index contributed by atoms with van der Waals surface area (Å²) in [5.74, 6) is 0.380. The number of benzene rings is 2. The second-order valence-electron chi connectivity index (χ2n) is 9.58. The maximum Gasteiger partial charge on any atom is 0.263 e. The topological polar surface area (TPSA) is 98.7 Å². The van der Waals surface area contributed by atoms with Gasteiger partial charge >= 0.3 is 0 Å². The third kappa shape index (κ3) is 5.73. The van der Waals surface area contributed by atoms with Crippen LogP contribution in [0.1, 0.15) is 24.5 Å². The van der Waals surface area contributed by atoms with Crippen LogP contribution in [-0.4, -0.2) is 68.0 Å². The lowest BCUT2D eigenvalue weighted by atomic mass is 9.98. The van der Waals surface area contributed by atoms with Gasteiger partial charge in [-0.25, -0.2) is 18.4 Å². The fourth-order valence-corrected chi connectivity index (χ4v) is 6.61. The van der Waals surface area contributed by atoms with Crippen molar-refractivity contribution in [1.82, 2.24) is 14.9 Å². The number of nitrogens with zero attached hydrogens (tertiary/aromatic N) is 5. The van der Waals surface area contributed by atoms with Crippen LogP contribution in [0.2, 0.25) is 0 Å². The van der Waals surface area contributed by atoms with E-state index in [0.717, 1.165) is 29.5 Å². The number of anilines is 3. The zero-order chi connectivity index (χ0) is 26.7. The largest absolute Gasteiger partial charge is 0.368 e. The van der Waals surface area contributed by atoms with Crippen LogP contribution < -0.4 is 14.5 Å². The molecule has 3 heterocycles. The Morgan fingerprint density at radius 3 is 2.50 bits per heavy atom. The third-order valence-electron chi connectivity index (χ3n) is 7.20. The molecule has 1 amide bonds. The number of carbonyl (C=O) groups is 1. The smallest absolute Gasteiger partial charge is 0.263 e. The highest BCUT2D eigenvalue weighted by molar-refractivity contribution is 14.1. The summed E-state index contributed by atoms with van der Waals surface area (Å²) >= 11 is 2.39. The van der Waals surface area contributed by atoms with Gasteiger partial charge in [-0.1, -0.05) is 34.7 Å². The molecule has 2 aliphatic rings. The van der Waals surface area contributed by atoms with E-state index in [4.69, 9.17) is 0 Å². The highest BCUT2D eigenvalue weighted by atomic mass is 127. The van der Waals surface area contributed by atoms with Crippen molar-refractivity contribution in [2.45, 2.75) is 35.1 Å². The molecule has 200 valence electrons. The fourth-order valence-electron chi connectivity index (χ4n) is 5.13. The first-order valence-corrected chi connectivity index (χ1v) is 15.7. The highest BCUT2D eigenvalue weighted by Gasteiger charge is 2.31. The van der Waals surface area contributed by atoms with E-state index in [2.05, 4.69) is 65.3 Å². The van der Waals surface area contributed by atoms with Crippen molar-refractivity contribution in [1.29, 1.82) is 0 Å². The van der Waals surface area contributed by atoms with Gasteiger partial charge in [0.15, 0.2) is 0 Å². The Hall–Kier alpha value is -2.93. The van der Waals surface area contributed by atoms with Crippen LogP contribution in [0.25, 0.3) is 0 Å². The van der Waals surface area contributed by atoms with Gasteiger partial charge in [0.05, 0.1) is 4.90 Å². The summed E-state index contributed by atoms with van der Waals surface area (Å²) in [4.78, 5) is 27.7. The molecule has 11 heteroatoms. The van der Waals surface area contributed by atoms with Gasteiger partial charge in [0.1, 0.15) is 18.2 Å². The number of carbonyl (C=O) groups excluding carboxylic acids is 1. The summed E-state index contributed by atoms with van der Waals surface area (Å²) in [6, 6.07) is 14.7. The molecule has 1 aromatic heterocycles. The SMILES string of the molecule is CC(C(=O)N1CCN(c2ccc(S(=O)(=O)Nc3ccncn3)cc2)CC1)N1CCCc2cc(CI)ccc21. The number of fused-ring (bicyclic) bond motifs is 1. The summed E-state index contributed by atoms with van der Waals surface area (Å²) in [6.45, 7) is 5.56. The molecule has 2 aliphatic heterocycles. The molecule has 9 nitrogen and oxygen atoms in total. The van der Waals surface area contributed by atoms with Crippen molar-refractivity contribution in [3.8, 4) is 0 Å². The number of hydrogen-bond acceptors (Lipinski definition) is 7. The molecular weight excluding hydrogens is 615 g/mol. The summed E-state index contributed by atoms with van der Waals surface area (Å²) in [6.07, 6.45) is 4.89. The Labute approximate surface area is 237 Å². The van der Waals surface area contributed by atoms with Crippen molar-refractivity contribution < 1.29 is 13.2 Å². The average Bonchev–Trinajstić information content (AvgIpc) is 2.96. The van der Waals surface area contributed by atoms with Gasteiger partial charge in [0.25, 0.3) is 10.0 Å². The summed E-state index contributed by atoms with van der Waals surface area (Å²) in [5, 5.41) is 0. The number of piperazine rings is 1. The molecule has 5 rings (SSSR count). The van der Waals surface area contributed by atoms with Crippen LogP contribution in [-0.2, 0) is 25.7 Å². The van der Waals surface area contributed by atoms with Crippen LogP contribution in [0.3, 0.4) is 0 Å². The molecule has 2 aromatic carbocycles. The van der Waals surface area contributed by atoms with Crippen molar-refractivity contribution >= 4 is 55.7 Å². The quantitative estimate of drug-likeness (QED) is 0.309. The lowest BCUT2D eigenvalue weighted by molar-refractivity contribution is -0.132. The minimum absolute atomic E-state index is 0.160. The summed E-state index contributed by atoms with van der Waals surface area (Å²) < 4.78 is 28.8. The maximum absolute atomic E-state index is 13.5. The van der Waals surface area contributed by atoms with Crippen molar-refractivity contribution in [3.63, 3.8) is 0 Å². The molecule has 1 atom stereocenters. The first kappa shape index (κ1) is 26.7. The molecule has 0 radical (unpaired) electrons. The third-order valence-corrected chi connectivity index (χ3v) is 9.45. The monoisotopic (exact) mass is 646 g/mol. The molecule has 1 saturated heterocycles. The molecule has 1 unspecified atom stereocenters. The molecule has 0 bridgehead atoms. The Balaban J connectivity index is 1.19. The normalized spacial score (nSPS) is 16.6. The lowest BCUT2D eigenvalue weighted by Crippen LogP contribution is -2.55. The fraction of sp³-hybridized carbons (Fsp3) is 0.370. The van der Waals surface area contributed by atoms with E-state index in [1.54, 1.807) is 12.1 Å². The Kier molecular flexibility index (Phi) is 8.03. The van der Waals surface area contributed by atoms with E-state index < -0.39 is 10.0 Å². The lowest BCUT2D eigenvalue weighted by Gasteiger charge is -2.41. The number of aryl methyl sites for hydroxylation is 1. The first-order valence-electron chi connectivity index (χ1n) is 12.7. The molecule has 1 fully saturated rings. The van der Waals surface area contributed by atoms with Gasteiger partial charge in [-0.05, 0) is 67.3 Å². The first-order chi connectivity index (χ1) is 18.4. The number of rotatable bonds is 7. The van der Waals surface area contributed by atoms with Crippen LogP contribution in [0.15, 0.2) is 66.0 Å². The van der Waals surface area contributed by atoms with E-state index in [9.17, 15) is 13.2 Å². The number of amides is 1. The predicted molar refractivity (Wildman–Crippen MR) is 157 cm³/mol. The number of hydrogen-bond donors (Lipinski definition) is 1. The van der Waals surface area contributed by atoms with E-state index in [-0.39, 0.29) is 22.7 Å². The molecule has 0 saturated carbocycles. The molecule has 3 aromatic rings. The van der Waals surface area contributed by atoms with Crippen LogP contribution in [0.4, 0.5) is 17.2 Å². The Morgan fingerprint density at radius 2 is 1.82 bits per heavy atom. The van der Waals surface area contributed by atoms with Crippen LogP contribution in [0, 0.1) is 0 Å². The standard InChI is InChI=1S/C27H31IN6O3S/c1-20(34-12-2-3-22-17-21(18-28)4-9-25(22)34)27(35)33-15-13-32(14-16-33)23-5-7-24(8-6-23)38(36,37)31-26-10-11-29-19-30-26/h4-11,17,19-20H,2-3,12-16,18H2,1H3,(H,29,30,31). The van der Waals surface area contributed by atoms with Gasteiger partial charge in [-0.15, -0.1) is 0 Å². The predicted octanol–water partition coefficient (Wildman–Crippen LogP) is 3.70. The Bertz CT molecular complexity index is 1380. The van der Waals surface area contributed by atoms with Crippen molar-refractivity contribution in [2.75, 3.05) is 47.2 Å². The van der Waals surface area contributed by atoms with Crippen LogP contribution >= 0.6 is 22.6 Å². The molecular formula is C27H31IN6O3S. The minimum atomic E-state index is -3.74. The second kappa shape index (κ2) is 11.4. The number of aromatic nitrogens is 2. The zero-order valence-corrected chi connectivity index (χ0v) is 24.2. The van der Waals surface area contributed by atoms with E-state index in [1.165, 1.54) is 35.4 Å². The van der Waals surface area contributed by atoms with E-state index >= 15 is 0 Å². The zero-order valence-electron chi connectivity index (χ0n) is 21.3. The molecule has 38 heavy (non-hydrogen) atoms. The maximum atomic E-state index is 13.5. The van der Waals surface area contributed by atoms with Gasteiger partial charge in [0, 0.05) is 54.7 Å². The van der Waals surface area contributed by atoms with Crippen LogP contribution in [0.5, 0.6) is 0 Å². The van der Waals surface area contributed by atoms with Gasteiger partial charge in [-0.2, -0.15) is 0 Å². The summed E-state index contributed by atoms with van der Waals surface area (Å²) in [7, 11) is -3.74.